The second-order valence-corrected chi connectivity index (χ2v) is 10.6. The summed E-state index contributed by atoms with van der Waals surface area (Å²) in [5, 5.41) is 9.51. The van der Waals surface area contributed by atoms with Gasteiger partial charge in [0.25, 0.3) is 0 Å². The number of carbonyl (C=O) groups excluding carboxylic acids is 3. The Morgan fingerprint density at radius 3 is 2.41 bits per heavy atom. The highest BCUT2D eigenvalue weighted by atomic mass is 16.8. The quantitative estimate of drug-likeness (QED) is 0.284. The Kier molecular flexibility index (Phi) is 10.7. The number of aliphatic hydroxyl groups excluding tert-OH is 1. The molecule has 9 atom stereocenters. The summed E-state index contributed by atoms with van der Waals surface area (Å²) in [7, 11) is 1.51. The van der Waals surface area contributed by atoms with Crippen molar-refractivity contribution in [2.75, 3.05) is 20.3 Å². The summed E-state index contributed by atoms with van der Waals surface area (Å²) >= 11 is 0. The lowest BCUT2D eigenvalue weighted by molar-refractivity contribution is -0.383. The molecular weight excluding hydrogens is 540 g/mol. The molecule has 41 heavy (non-hydrogen) atoms. The average molecular weight is 581 g/mol. The van der Waals surface area contributed by atoms with Gasteiger partial charge in [-0.2, -0.15) is 0 Å². The molecule has 3 aliphatic rings. The number of esters is 3. The standard InChI is InChI=1S/C29H40O12/c1-17(31)35-16-22(37-18(2)32)14-23-24(36-15-20-8-6-5-7-9-20)26-25(40-23)27(38-19(3)33)28-29(34-4,41-26)12-10-21(39-28)11-13-30/h5-9,21-28,30H,10-16H2,1-4H3/t21-,22?,23-,24+,25-,26+,27+,28-,29?/m1/s1. The van der Waals surface area contributed by atoms with Crippen molar-refractivity contribution in [3.63, 3.8) is 0 Å². The van der Waals surface area contributed by atoms with Gasteiger partial charge in [0, 0.05) is 47.3 Å². The monoisotopic (exact) mass is 580 g/mol. The normalized spacial score (nSPS) is 33.2. The highest BCUT2D eigenvalue weighted by molar-refractivity contribution is 5.67. The van der Waals surface area contributed by atoms with Crippen molar-refractivity contribution in [2.45, 2.75) is 108 Å². The Morgan fingerprint density at radius 1 is 1.02 bits per heavy atom. The Hall–Kier alpha value is -2.61. The van der Waals surface area contributed by atoms with Crippen molar-refractivity contribution in [1.29, 1.82) is 0 Å². The van der Waals surface area contributed by atoms with E-state index in [2.05, 4.69) is 0 Å². The number of aliphatic hydroxyl groups is 1. The van der Waals surface area contributed by atoms with E-state index < -0.39 is 66.4 Å². The van der Waals surface area contributed by atoms with Crippen molar-refractivity contribution >= 4 is 17.9 Å². The number of hydrogen-bond donors (Lipinski definition) is 1. The van der Waals surface area contributed by atoms with Gasteiger partial charge in [-0.1, -0.05) is 30.3 Å². The SMILES string of the molecule is COC12CC[C@H](CCO)O[C@@H]1[C@@H](OC(C)=O)[C@@H]1O[C@H](CC(COC(C)=O)OC(C)=O)[C@H](OCc3ccccc3)[C@@H]1O2. The first kappa shape index (κ1) is 31.3. The van der Waals surface area contributed by atoms with Gasteiger partial charge >= 0.3 is 17.9 Å². The summed E-state index contributed by atoms with van der Waals surface area (Å²) in [6, 6.07) is 9.57. The number of ether oxygens (including phenoxy) is 8. The fraction of sp³-hybridized carbons (Fsp3) is 0.690. The lowest BCUT2D eigenvalue weighted by atomic mass is 9.84. The van der Waals surface area contributed by atoms with Gasteiger partial charge in [-0.05, 0) is 18.4 Å². The number of methoxy groups -OCH3 is 1. The molecule has 12 nitrogen and oxygen atoms in total. The van der Waals surface area contributed by atoms with Crippen molar-refractivity contribution < 1.29 is 57.4 Å². The van der Waals surface area contributed by atoms with Gasteiger partial charge in [0.15, 0.2) is 18.0 Å². The Balaban J connectivity index is 1.66. The van der Waals surface area contributed by atoms with Crippen LogP contribution in [0.25, 0.3) is 0 Å². The van der Waals surface area contributed by atoms with Crippen molar-refractivity contribution in [3.8, 4) is 0 Å². The molecule has 3 aliphatic heterocycles. The van der Waals surface area contributed by atoms with Crippen LogP contribution in [0.3, 0.4) is 0 Å². The molecule has 228 valence electrons. The molecule has 1 N–H and O–H groups in total. The number of rotatable bonds is 12. The van der Waals surface area contributed by atoms with Gasteiger partial charge in [-0.15, -0.1) is 0 Å². The van der Waals surface area contributed by atoms with Crippen LogP contribution in [-0.4, -0.2) is 98.0 Å². The maximum absolute atomic E-state index is 12.3. The maximum atomic E-state index is 12.3. The van der Waals surface area contributed by atoms with E-state index in [1.165, 1.54) is 27.9 Å². The average Bonchev–Trinajstić information content (AvgIpc) is 3.27. The van der Waals surface area contributed by atoms with E-state index in [0.29, 0.717) is 19.3 Å². The van der Waals surface area contributed by atoms with Crippen LogP contribution in [0.15, 0.2) is 30.3 Å². The van der Waals surface area contributed by atoms with Gasteiger partial charge in [0.2, 0.25) is 0 Å². The Bertz CT molecular complexity index is 1030. The predicted molar refractivity (Wildman–Crippen MR) is 140 cm³/mol. The van der Waals surface area contributed by atoms with E-state index in [0.717, 1.165) is 5.56 Å². The molecular formula is C29H40O12. The molecule has 0 spiro atoms. The van der Waals surface area contributed by atoms with Gasteiger partial charge in [-0.3, -0.25) is 14.4 Å². The summed E-state index contributed by atoms with van der Waals surface area (Å²) in [6.07, 6.45) is -4.28. The molecule has 1 aromatic rings. The second kappa shape index (κ2) is 14.0. The zero-order chi connectivity index (χ0) is 29.6. The first-order valence-corrected chi connectivity index (χ1v) is 13.9. The molecule has 0 amide bonds. The second-order valence-electron chi connectivity index (χ2n) is 10.6. The van der Waals surface area contributed by atoms with Crippen molar-refractivity contribution in [3.05, 3.63) is 35.9 Å². The lowest BCUT2D eigenvalue weighted by Crippen LogP contribution is -2.69. The molecule has 3 fully saturated rings. The third-order valence-corrected chi connectivity index (χ3v) is 7.58. The van der Waals surface area contributed by atoms with Crippen molar-refractivity contribution in [1.82, 2.24) is 0 Å². The third-order valence-electron chi connectivity index (χ3n) is 7.58. The van der Waals surface area contributed by atoms with Crippen LogP contribution in [0.1, 0.15) is 52.0 Å². The summed E-state index contributed by atoms with van der Waals surface area (Å²) in [5.74, 6) is -2.85. The minimum atomic E-state index is -1.26. The van der Waals surface area contributed by atoms with Gasteiger partial charge in [0.05, 0.1) is 18.8 Å². The zero-order valence-electron chi connectivity index (χ0n) is 23.9. The molecule has 0 aromatic heterocycles. The smallest absolute Gasteiger partial charge is 0.303 e. The molecule has 0 saturated carbocycles. The van der Waals surface area contributed by atoms with E-state index in [-0.39, 0.29) is 32.3 Å². The third kappa shape index (κ3) is 7.62. The molecule has 0 bridgehead atoms. The number of fused-ring (bicyclic) bond motifs is 2. The van der Waals surface area contributed by atoms with Crippen LogP contribution in [-0.2, 0) is 58.9 Å². The molecule has 1 aromatic carbocycles. The number of hydrogen-bond acceptors (Lipinski definition) is 12. The highest BCUT2D eigenvalue weighted by Crippen LogP contribution is 2.48. The topological polar surface area (TPSA) is 145 Å². The van der Waals surface area contributed by atoms with E-state index in [1.54, 1.807) is 0 Å². The fourth-order valence-corrected chi connectivity index (χ4v) is 5.85. The highest BCUT2D eigenvalue weighted by Gasteiger charge is 2.65. The molecule has 4 rings (SSSR count). The predicted octanol–water partition coefficient (Wildman–Crippen LogP) is 1.83. The van der Waals surface area contributed by atoms with E-state index in [4.69, 9.17) is 37.9 Å². The summed E-state index contributed by atoms with van der Waals surface area (Å²) in [6.45, 7) is 3.85. The van der Waals surface area contributed by atoms with Crippen LogP contribution in [0.4, 0.5) is 0 Å². The minimum Gasteiger partial charge on any atom is -0.462 e. The maximum Gasteiger partial charge on any atom is 0.303 e. The van der Waals surface area contributed by atoms with Gasteiger partial charge < -0.3 is 43.0 Å². The van der Waals surface area contributed by atoms with E-state index >= 15 is 0 Å². The first-order valence-electron chi connectivity index (χ1n) is 13.9. The van der Waals surface area contributed by atoms with Gasteiger partial charge in [-0.25, -0.2) is 0 Å². The Labute approximate surface area is 239 Å². The lowest BCUT2D eigenvalue weighted by Gasteiger charge is -2.53. The van der Waals surface area contributed by atoms with Crippen LogP contribution in [0.5, 0.6) is 0 Å². The molecule has 3 saturated heterocycles. The van der Waals surface area contributed by atoms with Crippen LogP contribution < -0.4 is 0 Å². The van der Waals surface area contributed by atoms with Gasteiger partial charge in [0.1, 0.15) is 31.0 Å². The van der Waals surface area contributed by atoms with Crippen LogP contribution in [0.2, 0.25) is 0 Å². The summed E-state index contributed by atoms with van der Waals surface area (Å²) in [5.41, 5.74) is 0.922. The molecule has 3 heterocycles. The minimum absolute atomic E-state index is 0.0592. The fourth-order valence-electron chi connectivity index (χ4n) is 5.85. The van der Waals surface area contributed by atoms with E-state index in [1.807, 2.05) is 30.3 Å². The van der Waals surface area contributed by atoms with E-state index in [9.17, 15) is 19.5 Å². The molecule has 2 unspecified atom stereocenters. The molecule has 12 heteroatoms. The van der Waals surface area contributed by atoms with Crippen molar-refractivity contribution in [2.24, 2.45) is 0 Å². The number of carbonyl (C=O) groups is 3. The van der Waals surface area contributed by atoms with Crippen LogP contribution >= 0.6 is 0 Å². The summed E-state index contributed by atoms with van der Waals surface area (Å²) in [4.78, 5) is 35.7. The first-order chi connectivity index (χ1) is 19.7. The number of benzene rings is 1. The molecule has 0 radical (unpaired) electrons. The Morgan fingerprint density at radius 2 is 1.78 bits per heavy atom. The largest absolute Gasteiger partial charge is 0.462 e. The summed E-state index contributed by atoms with van der Waals surface area (Å²) < 4.78 is 48.2. The van der Waals surface area contributed by atoms with Crippen LogP contribution in [0, 0.1) is 0 Å². The zero-order valence-corrected chi connectivity index (χ0v) is 23.9. The molecule has 0 aliphatic carbocycles.